The summed E-state index contributed by atoms with van der Waals surface area (Å²) in [5.41, 5.74) is 6.77. The lowest BCUT2D eigenvalue weighted by Crippen LogP contribution is -2.28. The van der Waals surface area contributed by atoms with E-state index in [0.717, 1.165) is 12.2 Å². The van der Waals surface area contributed by atoms with Gasteiger partial charge in [0, 0.05) is 13.7 Å². The summed E-state index contributed by atoms with van der Waals surface area (Å²) in [6.45, 7) is 3.10. The van der Waals surface area contributed by atoms with Crippen molar-refractivity contribution < 1.29 is 9.47 Å². The Hall–Kier alpha value is -1.06. The molecule has 0 heterocycles. The second-order valence-electron chi connectivity index (χ2n) is 3.41. The zero-order valence-corrected chi connectivity index (χ0v) is 9.40. The third-order valence-corrected chi connectivity index (χ3v) is 2.34. The van der Waals surface area contributed by atoms with Crippen LogP contribution >= 0.6 is 0 Å². The van der Waals surface area contributed by atoms with E-state index in [1.165, 1.54) is 5.56 Å². The average molecular weight is 209 g/mol. The molecule has 0 saturated carbocycles. The molecule has 0 saturated heterocycles. The highest BCUT2D eigenvalue weighted by Gasteiger charge is 2.05. The van der Waals surface area contributed by atoms with Gasteiger partial charge in [-0.1, -0.05) is 19.1 Å². The van der Waals surface area contributed by atoms with Crippen molar-refractivity contribution in [3.63, 3.8) is 0 Å². The van der Waals surface area contributed by atoms with Crippen LogP contribution in [0, 0.1) is 0 Å². The summed E-state index contributed by atoms with van der Waals surface area (Å²) in [5, 5.41) is 0. The normalized spacial score (nSPS) is 12.5. The van der Waals surface area contributed by atoms with Crippen LogP contribution in [0.1, 0.15) is 12.5 Å². The molecule has 0 aromatic heterocycles. The van der Waals surface area contributed by atoms with E-state index in [4.69, 9.17) is 15.2 Å². The molecule has 1 aromatic rings. The van der Waals surface area contributed by atoms with E-state index < -0.39 is 0 Å². The summed E-state index contributed by atoms with van der Waals surface area (Å²) < 4.78 is 10.7. The van der Waals surface area contributed by atoms with Gasteiger partial charge < -0.3 is 15.2 Å². The van der Waals surface area contributed by atoms with Crippen molar-refractivity contribution >= 4 is 0 Å². The van der Waals surface area contributed by atoms with E-state index in [2.05, 4.69) is 13.0 Å². The van der Waals surface area contributed by atoms with Crippen LogP contribution in [0.5, 0.6) is 5.75 Å². The van der Waals surface area contributed by atoms with Gasteiger partial charge in [0.25, 0.3) is 0 Å². The Morgan fingerprint density at radius 3 is 2.80 bits per heavy atom. The zero-order valence-electron chi connectivity index (χ0n) is 9.40. The van der Waals surface area contributed by atoms with E-state index in [1.54, 1.807) is 7.11 Å². The highest BCUT2D eigenvalue weighted by molar-refractivity contribution is 5.28. The van der Waals surface area contributed by atoms with Gasteiger partial charge in [-0.3, -0.25) is 0 Å². The van der Waals surface area contributed by atoms with Gasteiger partial charge in [0.15, 0.2) is 0 Å². The Morgan fingerprint density at radius 1 is 1.40 bits per heavy atom. The van der Waals surface area contributed by atoms with Gasteiger partial charge >= 0.3 is 0 Å². The number of ether oxygens (including phenoxy) is 2. The molecule has 1 aromatic carbocycles. The van der Waals surface area contributed by atoms with Gasteiger partial charge in [0.1, 0.15) is 18.5 Å². The number of aryl methyl sites for hydroxylation is 1. The fourth-order valence-electron chi connectivity index (χ4n) is 1.28. The van der Waals surface area contributed by atoms with Crippen molar-refractivity contribution in [3.05, 3.63) is 29.8 Å². The van der Waals surface area contributed by atoms with Crippen molar-refractivity contribution in [2.24, 2.45) is 5.73 Å². The van der Waals surface area contributed by atoms with Crippen LogP contribution in [-0.4, -0.2) is 26.4 Å². The first kappa shape index (κ1) is 12.0. The summed E-state index contributed by atoms with van der Waals surface area (Å²) in [5.74, 6) is 0.879. The summed E-state index contributed by atoms with van der Waals surface area (Å²) in [4.78, 5) is 0. The lowest BCUT2D eigenvalue weighted by molar-refractivity contribution is 0.0643. The Kier molecular flexibility index (Phi) is 5.15. The van der Waals surface area contributed by atoms with Crippen LogP contribution in [0.3, 0.4) is 0 Å². The Labute approximate surface area is 91.2 Å². The highest BCUT2D eigenvalue weighted by Crippen LogP contribution is 2.13. The maximum Gasteiger partial charge on any atom is 0.119 e. The molecule has 84 valence electrons. The molecule has 0 spiro atoms. The van der Waals surface area contributed by atoms with Gasteiger partial charge in [-0.05, 0) is 24.1 Å². The number of hydrogen-bond donors (Lipinski definition) is 1. The minimum Gasteiger partial charge on any atom is -0.491 e. The summed E-state index contributed by atoms with van der Waals surface area (Å²) in [7, 11) is 1.64. The average Bonchev–Trinajstić information content (AvgIpc) is 2.31. The molecule has 0 aliphatic heterocycles. The molecule has 0 amide bonds. The quantitative estimate of drug-likeness (QED) is 0.774. The van der Waals surface area contributed by atoms with Crippen molar-refractivity contribution in [1.29, 1.82) is 0 Å². The predicted molar refractivity (Wildman–Crippen MR) is 61.2 cm³/mol. The van der Waals surface area contributed by atoms with E-state index in [0.29, 0.717) is 13.2 Å². The molecular weight excluding hydrogens is 190 g/mol. The molecule has 1 rings (SSSR count). The first-order valence-electron chi connectivity index (χ1n) is 5.24. The molecule has 0 bridgehead atoms. The second kappa shape index (κ2) is 6.43. The Morgan fingerprint density at radius 2 is 2.20 bits per heavy atom. The number of methoxy groups -OCH3 is 1. The van der Waals surface area contributed by atoms with Crippen LogP contribution in [0.25, 0.3) is 0 Å². The fraction of sp³-hybridized carbons (Fsp3) is 0.500. The van der Waals surface area contributed by atoms with Crippen molar-refractivity contribution in [3.8, 4) is 5.75 Å². The van der Waals surface area contributed by atoms with Gasteiger partial charge in [-0.15, -0.1) is 0 Å². The molecule has 0 fully saturated rings. The maximum absolute atomic E-state index is 5.59. The monoisotopic (exact) mass is 209 g/mol. The predicted octanol–water partition coefficient (Wildman–Crippen LogP) is 1.60. The van der Waals surface area contributed by atoms with Gasteiger partial charge in [-0.2, -0.15) is 0 Å². The molecule has 0 aliphatic carbocycles. The number of rotatable bonds is 6. The lowest BCUT2D eigenvalue weighted by atomic mass is 10.2. The molecule has 3 heteroatoms. The first-order chi connectivity index (χ1) is 7.30. The molecule has 0 radical (unpaired) electrons. The third-order valence-electron chi connectivity index (χ3n) is 2.34. The lowest BCUT2D eigenvalue weighted by Gasteiger charge is -2.14. The molecule has 2 N–H and O–H groups in total. The van der Waals surface area contributed by atoms with Crippen LogP contribution in [0.4, 0.5) is 0 Å². The van der Waals surface area contributed by atoms with Crippen LogP contribution in [-0.2, 0) is 11.2 Å². The maximum atomic E-state index is 5.59. The van der Waals surface area contributed by atoms with Crippen molar-refractivity contribution in [2.45, 2.75) is 19.4 Å². The van der Waals surface area contributed by atoms with Gasteiger partial charge in [0.05, 0.1) is 0 Å². The van der Waals surface area contributed by atoms with Crippen LogP contribution in [0.2, 0.25) is 0 Å². The Bertz CT molecular complexity index is 285. The smallest absolute Gasteiger partial charge is 0.119 e. The number of nitrogens with two attached hydrogens (primary N) is 1. The molecule has 0 aliphatic rings. The van der Waals surface area contributed by atoms with Crippen molar-refractivity contribution in [1.82, 2.24) is 0 Å². The molecular formula is C12H19NO2. The highest BCUT2D eigenvalue weighted by atomic mass is 16.5. The molecule has 1 atom stereocenters. The third kappa shape index (κ3) is 3.90. The number of benzene rings is 1. The molecule has 3 nitrogen and oxygen atoms in total. The van der Waals surface area contributed by atoms with E-state index >= 15 is 0 Å². The SMILES string of the molecule is CCc1cccc(OC[C@@H](CN)OC)c1. The Balaban J connectivity index is 2.49. The first-order valence-corrected chi connectivity index (χ1v) is 5.24. The van der Waals surface area contributed by atoms with Crippen LogP contribution < -0.4 is 10.5 Å². The standard InChI is InChI=1S/C12H19NO2/c1-3-10-5-4-6-11(7-10)15-9-12(8-13)14-2/h4-7,12H,3,8-9,13H2,1-2H3/t12-/m1/s1. The van der Waals surface area contributed by atoms with E-state index in [-0.39, 0.29) is 6.10 Å². The fourth-order valence-corrected chi connectivity index (χ4v) is 1.28. The summed E-state index contributed by atoms with van der Waals surface area (Å²) in [6.07, 6.45) is 0.984. The largest absolute Gasteiger partial charge is 0.491 e. The summed E-state index contributed by atoms with van der Waals surface area (Å²) in [6, 6.07) is 8.08. The van der Waals surface area contributed by atoms with Crippen molar-refractivity contribution in [2.75, 3.05) is 20.3 Å². The van der Waals surface area contributed by atoms with E-state index in [9.17, 15) is 0 Å². The zero-order chi connectivity index (χ0) is 11.1. The van der Waals surface area contributed by atoms with Gasteiger partial charge in [-0.25, -0.2) is 0 Å². The number of hydrogen-bond acceptors (Lipinski definition) is 3. The van der Waals surface area contributed by atoms with Crippen LogP contribution in [0.15, 0.2) is 24.3 Å². The van der Waals surface area contributed by atoms with Gasteiger partial charge in [0.2, 0.25) is 0 Å². The molecule has 15 heavy (non-hydrogen) atoms. The summed E-state index contributed by atoms with van der Waals surface area (Å²) >= 11 is 0. The minimum absolute atomic E-state index is 0.0321. The topological polar surface area (TPSA) is 44.5 Å². The van der Waals surface area contributed by atoms with E-state index in [1.807, 2.05) is 18.2 Å². The second-order valence-corrected chi connectivity index (χ2v) is 3.41. The molecule has 0 unspecified atom stereocenters. The minimum atomic E-state index is -0.0321.